The van der Waals surface area contributed by atoms with E-state index in [4.69, 9.17) is 14.2 Å². The van der Waals surface area contributed by atoms with Gasteiger partial charge in [-0.05, 0) is 53.1 Å². The summed E-state index contributed by atoms with van der Waals surface area (Å²) in [5.41, 5.74) is 4.91. The molecule has 1 heterocycles. The number of carbonyl (C=O) groups excluding carboxylic acids is 1. The quantitative estimate of drug-likeness (QED) is 0.321. The van der Waals surface area contributed by atoms with Crippen LogP contribution in [0.15, 0.2) is 71.8 Å². The molecule has 168 valence electrons. The van der Waals surface area contributed by atoms with Crippen LogP contribution in [-0.4, -0.2) is 30.3 Å². The average molecular weight is 447 g/mol. The van der Waals surface area contributed by atoms with Crippen molar-refractivity contribution in [3.8, 4) is 17.2 Å². The highest BCUT2D eigenvalue weighted by atomic mass is 16.6. The summed E-state index contributed by atoms with van der Waals surface area (Å²) in [7, 11) is 0. The van der Waals surface area contributed by atoms with Crippen LogP contribution >= 0.6 is 0 Å². The Kier molecular flexibility index (Phi) is 6.79. The number of fused-ring (bicyclic) bond motifs is 1. The van der Waals surface area contributed by atoms with E-state index in [0.717, 1.165) is 16.7 Å². The van der Waals surface area contributed by atoms with Crippen LogP contribution in [0.25, 0.3) is 0 Å². The zero-order valence-corrected chi connectivity index (χ0v) is 17.6. The number of hydrogen-bond donors (Lipinski definition) is 1. The number of hydrazone groups is 1. The Morgan fingerprint density at radius 3 is 2.58 bits per heavy atom. The van der Waals surface area contributed by atoms with Crippen LogP contribution in [0, 0.1) is 10.1 Å². The molecule has 3 aromatic rings. The van der Waals surface area contributed by atoms with Crippen molar-refractivity contribution < 1.29 is 23.9 Å². The summed E-state index contributed by atoms with van der Waals surface area (Å²) in [6, 6.07) is 18.8. The molecule has 1 aliphatic rings. The number of carbonyl (C=O) groups is 1. The van der Waals surface area contributed by atoms with Crippen molar-refractivity contribution in [3.05, 3.63) is 93.5 Å². The van der Waals surface area contributed by atoms with Gasteiger partial charge in [0.1, 0.15) is 25.6 Å². The van der Waals surface area contributed by atoms with Crippen molar-refractivity contribution in [2.75, 3.05) is 13.2 Å². The number of rotatable bonds is 8. The second kappa shape index (κ2) is 10.3. The number of ether oxygens (including phenoxy) is 3. The minimum Gasteiger partial charge on any atom is -0.489 e. The van der Waals surface area contributed by atoms with Gasteiger partial charge in [-0.3, -0.25) is 14.9 Å². The highest BCUT2D eigenvalue weighted by molar-refractivity contribution is 5.83. The zero-order valence-electron chi connectivity index (χ0n) is 17.6. The Bertz CT molecular complexity index is 1180. The second-order valence-corrected chi connectivity index (χ2v) is 7.23. The summed E-state index contributed by atoms with van der Waals surface area (Å²) in [4.78, 5) is 22.5. The number of amides is 1. The number of benzene rings is 3. The largest absolute Gasteiger partial charge is 0.489 e. The van der Waals surface area contributed by atoms with Gasteiger partial charge >= 0.3 is 0 Å². The molecule has 9 nitrogen and oxygen atoms in total. The van der Waals surface area contributed by atoms with E-state index >= 15 is 0 Å². The van der Waals surface area contributed by atoms with Gasteiger partial charge in [-0.15, -0.1) is 0 Å². The molecule has 0 spiro atoms. The predicted molar refractivity (Wildman–Crippen MR) is 121 cm³/mol. The summed E-state index contributed by atoms with van der Waals surface area (Å²) in [5, 5.41) is 14.7. The zero-order chi connectivity index (χ0) is 23.0. The van der Waals surface area contributed by atoms with E-state index in [9.17, 15) is 14.9 Å². The lowest BCUT2D eigenvalue weighted by molar-refractivity contribution is -0.384. The molecule has 0 unspecified atom stereocenters. The van der Waals surface area contributed by atoms with E-state index in [-0.39, 0.29) is 24.6 Å². The number of nitro groups is 1. The SMILES string of the molecule is O=C(Cc1ccc2c(c1)OCCO2)N/N=C/c1cccc(OCc2ccc([N+](=O)[O-])cc2)c1. The standard InChI is InChI=1S/C24H21N3O6/c28-24(14-18-6-9-22-23(13-18)32-11-10-31-22)26-25-15-19-2-1-3-21(12-19)33-16-17-4-7-20(8-5-17)27(29)30/h1-9,12-13,15H,10-11,14,16H2,(H,26,28)/b25-15+. The normalized spacial score (nSPS) is 12.4. The number of hydrogen-bond acceptors (Lipinski definition) is 7. The van der Waals surface area contributed by atoms with Crippen LogP contribution in [0.5, 0.6) is 17.2 Å². The first-order valence-corrected chi connectivity index (χ1v) is 10.2. The van der Waals surface area contributed by atoms with Crippen LogP contribution in [0.3, 0.4) is 0 Å². The summed E-state index contributed by atoms with van der Waals surface area (Å²) < 4.78 is 16.8. The highest BCUT2D eigenvalue weighted by Crippen LogP contribution is 2.30. The molecule has 0 atom stereocenters. The van der Waals surface area contributed by atoms with E-state index in [0.29, 0.717) is 30.5 Å². The predicted octanol–water partition coefficient (Wildman–Crippen LogP) is 3.64. The minimum atomic E-state index is -0.442. The Morgan fingerprint density at radius 2 is 1.79 bits per heavy atom. The average Bonchev–Trinajstić information content (AvgIpc) is 2.83. The van der Waals surface area contributed by atoms with Gasteiger partial charge in [-0.1, -0.05) is 18.2 Å². The maximum absolute atomic E-state index is 12.2. The maximum atomic E-state index is 12.2. The van der Waals surface area contributed by atoms with Crippen LogP contribution in [0.1, 0.15) is 16.7 Å². The Balaban J connectivity index is 1.28. The fraction of sp³-hybridized carbons (Fsp3) is 0.167. The van der Waals surface area contributed by atoms with Gasteiger partial charge in [-0.25, -0.2) is 5.43 Å². The fourth-order valence-corrected chi connectivity index (χ4v) is 3.17. The lowest BCUT2D eigenvalue weighted by Gasteiger charge is -2.18. The lowest BCUT2D eigenvalue weighted by Crippen LogP contribution is -2.20. The number of nitrogens with one attached hydrogen (secondary N) is 1. The Morgan fingerprint density at radius 1 is 1.03 bits per heavy atom. The molecule has 0 radical (unpaired) electrons. The van der Waals surface area contributed by atoms with Crippen molar-refractivity contribution in [3.63, 3.8) is 0 Å². The van der Waals surface area contributed by atoms with Gasteiger partial charge in [0.2, 0.25) is 5.91 Å². The van der Waals surface area contributed by atoms with E-state index < -0.39 is 4.92 Å². The highest BCUT2D eigenvalue weighted by Gasteiger charge is 2.13. The first-order valence-electron chi connectivity index (χ1n) is 10.2. The van der Waals surface area contributed by atoms with Crippen LogP contribution < -0.4 is 19.6 Å². The van der Waals surface area contributed by atoms with Crippen molar-refractivity contribution in [2.24, 2.45) is 5.10 Å². The van der Waals surface area contributed by atoms with Crippen LogP contribution in [0.4, 0.5) is 5.69 Å². The van der Waals surface area contributed by atoms with E-state index in [1.54, 1.807) is 36.4 Å². The molecule has 0 aliphatic carbocycles. The van der Waals surface area contributed by atoms with E-state index in [1.165, 1.54) is 18.3 Å². The third-order valence-corrected chi connectivity index (χ3v) is 4.78. The third-order valence-electron chi connectivity index (χ3n) is 4.78. The van der Waals surface area contributed by atoms with Gasteiger partial charge in [0.15, 0.2) is 11.5 Å². The van der Waals surface area contributed by atoms with E-state index in [2.05, 4.69) is 10.5 Å². The number of nitrogens with zero attached hydrogens (tertiary/aromatic N) is 2. The van der Waals surface area contributed by atoms with Crippen molar-refractivity contribution in [1.29, 1.82) is 0 Å². The molecule has 0 bridgehead atoms. The molecule has 9 heteroatoms. The number of nitro benzene ring substituents is 1. The molecule has 3 aromatic carbocycles. The van der Waals surface area contributed by atoms with Crippen molar-refractivity contribution >= 4 is 17.8 Å². The summed E-state index contributed by atoms with van der Waals surface area (Å²) in [6.45, 7) is 1.28. The first kappa shape index (κ1) is 21.8. The summed E-state index contributed by atoms with van der Waals surface area (Å²) in [6.07, 6.45) is 1.69. The fourth-order valence-electron chi connectivity index (χ4n) is 3.17. The molecule has 4 rings (SSSR count). The van der Waals surface area contributed by atoms with Gasteiger partial charge in [0.25, 0.3) is 5.69 Å². The van der Waals surface area contributed by atoms with Crippen LogP contribution in [-0.2, 0) is 17.8 Å². The van der Waals surface area contributed by atoms with Crippen molar-refractivity contribution in [1.82, 2.24) is 5.43 Å². The summed E-state index contributed by atoms with van der Waals surface area (Å²) >= 11 is 0. The van der Waals surface area contributed by atoms with Gasteiger partial charge in [0, 0.05) is 12.1 Å². The molecule has 1 amide bonds. The number of non-ortho nitro benzene ring substituents is 1. The monoisotopic (exact) mass is 447 g/mol. The second-order valence-electron chi connectivity index (χ2n) is 7.23. The molecular formula is C24H21N3O6. The molecular weight excluding hydrogens is 426 g/mol. The molecule has 0 saturated heterocycles. The molecule has 0 aromatic heterocycles. The maximum Gasteiger partial charge on any atom is 0.269 e. The third kappa shape index (κ3) is 6.07. The topological polar surface area (TPSA) is 112 Å². The first-order chi connectivity index (χ1) is 16.1. The van der Waals surface area contributed by atoms with Crippen LogP contribution in [0.2, 0.25) is 0 Å². The lowest BCUT2D eigenvalue weighted by atomic mass is 10.1. The Labute approximate surface area is 189 Å². The molecule has 0 fully saturated rings. The summed E-state index contributed by atoms with van der Waals surface area (Å²) in [5.74, 6) is 1.67. The molecule has 1 aliphatic heterocycles. The minimum absolute atomic E-state index is 0.0352. The molecule has 33 heavy (non-hydrogen) atoms. The molecule has 1 N–H and O–H groups in total. The van der Waals surface area contributed by atoms with Gasteiger partial charge in [0.05, 0.1) is 17.6 Å². The molecule has 0 saturated carbocycles. The van der Waals surface area contributed by atoms with Gasteiger partial charge < -0.3 is 14.2 Å². The smallest absolute Gasteiger partial charge is 0.269 e. The Hall–Kier alpha value is -4.40. The van der Waals surface area contributed by atoms with Crippen molar-refractivity contribution in [2.45, 2.75) is 13.0 Å². The van der Waals surface area contributed by atoms with Gasteiger partial charge in [-0.2, -0.15) is 5.10 Å². The van der Waals surface area contributed by atoms with E-state index in [1.807, 2.05) is 18.2 Å².